The van der Waals surface area contributed by atoms with Crippen molar-refractivity contribution < 1.29 is 0 Å². The molecule has 0 N–H and O–H groups in total. The van der Waals surface area contributed by atoms with Gasteiger partial charge < -0.3 is 0 Å². The molecule has 0 nitrogen and oxygen atoms in total. The number of fused-ring (bicyclic) bond motifs is 6. The molecule has 0 saturated heterocycles. The van der Waals surface area contributed by atoms with Crippen molar-refractivity contribution in [1.82, 2.24) is 0 Å². The molecular formula is C57H40. The molecule has 2 aliphatic rings. The topological polar surface area (TPSA) is 0 Å². The van der Waals surface area contributed by atoms with Crippen LogP contribution in [0.2, 0.25) is 0 Å². The number of hydrogen-bond donors (Lipinski definition) is 0. The van der Waals surface area contributed by atoms with Crippen molar-refractivity contribution >= 4 is 0 Å². The lowest BCUT2D eigenvalue weighted by Gasteiger charge is -2.37. The molecule has 0 saturated carbocycles. The average molecular weight is 725 g/mol. The van der Waals surface area contributed by atoms with Gasteiger partial charge in [-0.25, -0.2) is 0 Å². The van der Waals surface area contributed by atoms with Gasteiger partial charge in [-0.3, -0.25) is 0 Å². The van der Waals surface area contributed by atoms with E-state index in [1.807, 2.05) is 0 Å². The van der Waals surface area contributed by atoms with Crippen molar-refractivity contribution in [3.05, 3.63) is 286 Å². The molecule has 0 aromatic heterocycles. The van der Waals surface area contributed by atoms with Crippen molar-refractivity contribution in [2.75, 3.05) is 0 Å². The Labute approximate surface area is 335 Å². The quantitative estimate of drug-likeness (QED) is 0.144. The SMILES string of the molecule is c1ccc(C(c2ccccc2)(c2ccccc2)c2ccc(-c3cc(C4c5ccccc5-c5ccccc54)cc(C4c5ccccc5-c5ccccc54)c3)cc2)cc1. The first-order valence-electron chi connectivity index (χ1n) is 20.1. The first-order chi connectivity index (χ1) is 28.3. The van der Waals surface area contributed by atoms with Gasteiger partial charge in [0, 0.05) is 11.8 Å². The molecule has 0 bridgehead atoms. The smallest absolute Gasteiger partial charge is 0.0622 e. The second-order valence-corrected chi connectivity index (χ2v) is 15.5. The largest absolute Gasteiger partial charge is 0.0701 e. The summed E-state index contributed by atoms with van der Waals surface area (Å²) >= 11 is 0. The normalized spacial score (nSPS) is 13.1. The van der Waals surface area contributed by atoms with Crippen LogP contribution in [0, 0.1) is 0 Å². The third-order valence-electron chi connectivity index (χ3n) is 12.6. The van der Waals surface area contributed by atoms with Crippen LogP contribution in [0.3, 0.4) is 0 Å². The molecule has 9 aromatic carbocycles. The Hall–Kier alpha value is -7.02. The Balaban J connectivity index is 1.12. The van der Waals surface area contributed by atoms with Crippen LogP contribution >= 0.6 is 0 Å². The molecule has 0 aliphatic heterocycles. The molecular weight excluding hydrogens is 685 g/mol. The molecule has 0 amide bonds. The number of hydrogen-bond acceptors (Lipinski definition) is 0. The molecule has 0 atom stereocenters. The molecule has 0 unspecified atom stereocenters. The zero-order valence-corrected chi connectivity index (χ0v) is 31.6. The maximum atomic E-state index is 2.51. The van der Waals surface area contributed by atoms with Crippen molar-refractivity contribution in [2.45, 2.75) is 17.3 Å². The summed E-state index contributed by atoms with van der Waals surface area (Å²) in [7, 11) is 0. The minimum Gasteiger partial charge on any atom is -0.0622 e. The van der Waals surface area contributed by atoms with Gasteiger partial charge >= 0.3 is 0 Å². The van der Waals surface area contributed by atoms with Gasteiger partial charge in [-0.15, -0.1) is 0 Å². The Morgan fingerprint density at radius 2 is 0.544 bits per heavy atom. The molecule has 0 fully saturated rings. The summed E-state index contributed by atoms with van der Waals surface area (Å²) in [5, 5.41) is 0. The van der Waals surface area contributed by atoms with E-state index >= 15 is 0 Å². The van der Waals surface area contributed by atoms with Crippen molar-refractivity contribution in [1.29, 1.82) is 0 Å². The maximum Gasteiger partial charge on any atom is 0.0701 e. The second-order valence-electron chi connectivity index (χ2n) is 15.5. The number of benzene rings is 9. The Morgan fingerprint density at radius 3 is 0.895 bits per heavy atom. The van der Waals surface area contributed by atoms with Gasteiger partial charge in [0.1, 0.15) is 0 Å². The van der Waals surface area contributed by atoms with Crippen LogP contribution in [0.5, 0.6) is 0 Å². The van der Waals surface area contributed by atoms with E-state index in [1.165, 1.54) is 89.0 Å². The van der Waals surface area contributed by atoms with E-state index in [-0.39, 0.29) is 11.8 Å². The van der Waals surface area contributed by atoms with E-state index in [2.05, 4.69) is 231 Å². The Bertz CT molecular complexity index is 2580. The maximum absolute atomic E-state index is 2.51. The number of rotatable bonds is 7. The molecule has 9 aromatic rings. The van der Waals surface area contributed by atoms with E-state index in [0.717, 1.165) is 0 Å². The molecule has 0 heteroatoms. The Morgan fingerprint density at radius 1 is 0.246 bits per heavy atom. The lowest BCUT2D eigenvalue weighted by Crippen LogP contribution is -2.30. The summed E-state index contributed by atoms with van der Waals surface area (Å²) in [4.78, 5) is 0. The minimum atomic E-state index is -0.496. The van der Waals surface area contributed by atoms with Crippen LogP contribution < -0.4 is 0 Å². The highest BCUT2D eigenvalue weighted by molar-refractivity contribution is 5.83. The van der Waals surface area contributed by atoms with E-state index in [4.69, 9.17) is 0 Å². The predicted octanol–water partition coefficient (Wildman–Crippen LogP) is 14.1. The fourth-order valence-electron chi connectivity index (χ4n) is 10.2. The Kier molecular flexibility index (Phi) is 7.97. The van der Waals surface area contributed by atoms with Gasteiger partial charge in [0.25, 0.3) is 0 Å². The summed E-state index contributed by atoms with van der Waals surface area (Å²) in [5.74, 6) is 0.285. The molecule has 11 rings (SSSR count). The highest BCUT2D eigenvalue weighted by Gasteiger charge is 2.38. The second kappa shape index (κ2) is 13.6. The van der Waals surface area contributed by atoms with Gasteiger partial charge in [0.15, 0.2) is 0 Å². The summed E-state index contributed by atoms with van der Waals surface area (Å²) in [6.07, 6.45) is 0. The van der Waals surface area contributed by atoms with Crippen LogP contribution in [-0.4, -0.2) is 0 Å². The third kappa shape index (κ3) is 5.29. The van der Waals surface area contributed by atoms with Crippen LogP contribution in [0.4, 0.5) is 0 Å². The van der Waals surface area contributed by atoms with Gasteiger partial charge in [-0.1, -0.05) is 231 Å². The van der Waals surface area contributed by atoms with Gasteiger partial charge in [-0.2, -0.15) is 0 Å². The van der Waals surface area contributed by atoms with Crippen molar-refractivity contribution in [3.63, 3.8) is 0 Å². The van der Waals surface area contributed by atoms with Crippen LogP contribution in [0.1, 0.15) is 67.5 Å². The monoisotopic (exact) mass is 724 g/mol. The van der Waals surface area contributed by atoms with E-state index in [1.54, 1.807) is 0 Å². The van der Waals surface area contributed by atoms with E-state index in [9.17, 15) is 0 Å². The molecule has 0 spiro atoms. The zero-order valence-electron chi connectivity index (χ0n) is 31.6. The highest BCUT2D eigenvalue weighted by Crippen LogP contribution is 2.52. The fraction of sp³-hybridized carbons (Fsp3) is 0.0526. The minimum absolute atomic E-state index is 0.143. The summed E-state index contributed by atoms with van der Waals surface area (Å²) in [6.45, 7) is 0. The summed E-state index contributed by atoms with van der Waals surface area (Å²) in [5.41, 5.74) is 20.5. The van der Waals surface area contributed by atoms with Crippen LogP contribution in [0.25, 0.3) is 33.4 Å². The predicted molar refractivity (Wildman–Crippen MR) is 236 cm³/mol. The first kappa shape index (κ1) is 33.3. The van der Waals surface area contributed by atoms with Gasteiger partial charge in [-0.05, 0) is 89.0 Å². The lowest BCUT2D eigenvalue weighted by molar-refractivity contribution is 0.745. The van der Waals surface area contributed by atoms with E-state index in [0.29, 0.717) is 0 Å². The van der Waals surface area contributed by atoms with Crippen LogP contribution in [-0.2, 0) is 5.41 Å². The van der Waals surface area contributed by atoms with Gasteiger partial charge in [0.05, 0.1) is 5.41 Å². The van der Waals surface area contributed by atoms with Crippen LogP contribution in [0.15, 0.2) is 231 Å². The lowest BCUT2D eigenvalue weighted by atomic mass is 9.65. The van der Waals surface area contributed by atoms with Gasteiger partial charge in [0.2, 0.25) is 0 Å². The molecule has 0 heterocycles. The standard InChI is InChI=1S/C57H40/c1-4-18-43(19-5-1)57(44-20-6-2-7-21-44,45-22-8-3-9-23-45)46-34-32-39(33-35-46)40-36-41(55-51-28-14-10-24-47(51)48-25-11-15-29-52(48)55)38-42(37-40)56-53-30-16-12-26-49(53)50-27-13-17-31-54(50)56/h1-38,55-56H. The first-order valence-corrected chi connectivity index (χ1v) is 20.1. The van der Waals surface area contributed by atoms with Crippen molar-refractivity contribution in [2.24, 2.45) is 0 Å². The highest BCUT2D eigenvalue weighted by atomic mass is 14.4. The average Bonchev–Trinajstić information content (AvgIpc) is 3.81. The van der Waals surface area contributed by atoms with Crippen molar-refractivity contribution in [3.8, 4) is 33.4 Å². The van der Waals surface area contributed by atoms with E-state index < -0.39 is 5.41 Å². The zero-order chi connectivity index (χ0) is 37.8. The molecule has 57 heavy (non-hydrogen) atoms. The summed E-state index contributed by atoms with van der Waals surface area (Å²) in [6, 6.07) is 85.8. The molecule has 268 valence electrons. The molecule has 2 aliphatic carbocycles. The molecule has 0 radical (unpaired) electrons. The summed E-state index contributed by atoms with van der Waals surface area (Å²) < 4.78 is 0. The fourth-order valence-corrected chi connectivity index (χ4v) is 10.2. The third-order valence-corrected chi connectivity index (χ3v) is 12.6.